The van der Waals surface area contributed by atoms with Gasteiger partial charge < -0.3 is 4.42 Å². The first-order chi connectivity index (χ1) is 7.22. The highest BCUT2D eigenvalue weighted by molar-refractivity contribution is 7.99. The molecule has 2 nitrogen and oxygen atoms in total. The second kappa shape index (κ2) is 4.06. The van der Waals surface area contributed by atoms with E-state index in [2.05, 4.69) is 0 Å². The first kappa shape index (κ1) is 10.2. The van der Waals surface area contributed by atoms with Crippen LogP contribution in [0, 0.1) is 5.82 Å². The Labute approximate surface area is 90.5 Å². The fraction of sp³-hybridized carbons (Fsp3) is 0.182. The molecule has 0 aliphatic carbocycles. The number of benzene rings is 1. The Bertz CT molecular complexity index is 504. The van der Waals surface area contributed by atoms with E-state index in [9.17, 15) is 9.18 Å². The Balaban J connectivity index is 2.47. The lowest BCUT2D eigenvalue weighted by Crippen LogP contribution is -1.99. The van der Waals surface area contributed by atoms with Gasteiger partial charge in [0, 0.05) is 5.39 Å². The molecule has 0 amide bonds. The molecule has 0 atom stereocenters. The molecule has 1 aromatic heterocycles. The lowest BCUT2D eigenvalue weighted by atomic mass is 10.2. The normalized spacial score (nSPS) is 10.8. The Hall–Kier alpha value is -1.29. The van der Waals surface area contributed by atoms with Crippen LogP contribution in [-0.2, 0) is 0 Å². The van der Waals surface area contributed by atoms with Crippen molar-refractivity contribution in [3.63, 3.8) is 0 Å². The zero-order chi connectivity index (χ0) is 10.8. The fourth-order valence-electron chi connectivity index (χ4n) is 1.37. The van der Waals surface area contributed by atoms with Crippen molar-refractivity contribution in [2.75, 3.05) is 12.0 Å². The van der Waals surface area contributed by atoms with Crippen LogP contribution in [0.15, 0.2) is 28.7 Å². The van der Waals surface area contributed by atoms with Gasteiger partial charge in [-0.25, -0.2) is 4.39 Å². The third-order valence-corrected chi connectivity index (χ3v) is 2.60. The SMILES string of the molecule is CSCC(=O)c1cc2cccc(F)c2o1. The summed E-state index contributed by atoms with van der Waals surface area (Å²) in [4.78, 5) is 11.5. The number of carbonyl (C=O) groups is 1. The van der Waals surface area contributed by atoms with Gasteiger partial charge in [-0.15, -0.1) is 0 Å². The van der Waals surface area contributed by atoms with Gasteiger partial charge in [-0.2, -0.15) is 11.8 Å². The van der Waals surface area contributed by atoms with E-state index in [-0.39, 0.29) is 17.1 Å². The van der Waals surface area contributed by atoms with E-state index in [1.165, 1.54) is 17.8 Å². The lowest BCUT2D eigenvalue weighted by Gasteiger charge is -1.91. The first-order valence-corrected chi connectivity index (χ1v) is 5.82. The quantitative estimate of drug-likeness (QED) is 0.750. The Morgan fingerprint density at radius 3 is 3.00 bits per heavy atom. The molecule has 2 aromatic rings. The summed E-state index contributed by atoms with van der Waals surface area (Å²) in [5.74, 6) is 0.0276. The van der Waals surface area contributed by atoms with Gasteiger partial charge in [-0.1, -0.05) is 12.1 Å². The average Bonchev–Trinajstić information content (AvgIpc) is 2.63. The summed E-state index contributed by atoms with van der Waals surface area (Å²) in [5.41, 5.74) is 0.155. The zero-order valence-electron chi connectivity index (χ0n) is 8.12. The number of thioether (sulfide) groups is 1. The molecule has 15 heavy (non-hydrogen) atoms. The summed E-state index contributed by atoms with van der Waals surface area (Å²) in [5, 5.41) is 0.624. The van der Waals surface area contributed by atoms with Crippen molar-refractivity contribution >= 4 is 28.5 Å². The smallest absolute Gasteiger partial charge is 0.207 e. The number of hydrogen-bond acceptors (Lipinski definition) is 3. The minimum Gasteiger partial charge on any atom is -0.450 e. The van der Waals surface area contributed by atoms with Gasteiger partial charge in [-0.3, -0.25) is 4.79 Å². The van der Waals surface area contributed by atoms with Crippen molar-refractivity contribution in [2.45, 2.75) is 0 Å². The van der Waals surface area contributed by atoms with Crippen LogP contribution in [0.4, 0.5) is 4.39 Å². The maximum Gasteiger partial charge on any atom is 0.207 e. The minimum atomic E-state index is -0.435. The van der Waals surface area contributed by atoms with Gasteiger partial charge in [0.2, 0.25) is 5.78 Å². The molecule has 0 saturated carbocycles. The average molecular weight is 224 g/mol. The molecule has 0 spiro atoms. The fourth-order valence-corrected chi connectivity index (χ4v) is 1.77. The number of fused-ring (bicyclic) bond motifs is 1. The predicted octanol–water partition coefficient (Wildman–Crippen LogP) is 3.12. The van der Waals surface area contributed by atoms with Crippen LogP contribution in [0.25, 0.3) is 11.0 Å². The van der Waals surface area contributed by atoms with E-state index < -0.39 is 5.82 Å². The number of halogens is 1. The van der Waals surface area contributed by atoms with Crippen molar-refractivity contribution in [2.24, 2.45) is 0 Å². The standard InChI is InChI=1S/C11H9FO2S/c1-15-6-9(13)10-5-7-3-2-4-8(12)11(7)14-10/h2-5H,6H2,1H3. The molecule has 0 unspecified atom stereocenters. The Kier molecular flexibility index (Phi) is 2.77. The molecule has 0 fully saturated rings. The van der Waals surface area contributed by atoms with Crippen molar-refractivity contribution in [3.05, 3.63) is 35.8 Å². The molecule has 0 N–H and O–H groups in total. The van der Waals surface area contributed by atoms with Crippen LogP contribution >= 0.6 is 11.8 Å². The Morgan fingerprint density at radius 1 is 1.53 bits per heavy atom. The molecule has 0 bridgehead atoms. The maximum absolute atomic E-state index is 13.2. The maximum atomic E-state index is 13.2. The molecule has 4 heteroatoms. The summed E-state index contributed by atoms with van der Waals surface area (Å²) in [7, 11) is 0. The number of carbonyl (C=O) groups excluding carboxylic acids is 1. The third-order valence-electron chi connectivity index (χ3n) is 2.05. The highest BCUT2D eigenvalue weighted by atomic mass is 32.2. The van der Waals surface area contributed by atoms with Crippen molar-refractivity contribution in [3.8, 4) is 0 Å². The molecule has 2 rings (SSSR count). The topological polar surface area (TPSA) is 30.2 Å². The highest BCUT2D eigenvalue weighted by Crippen LogP contribution is 2.22. The minimum absolute atomic E-state index is 0.113. The number of para-hydroxylation sites is 1. The van der Waals surface area contributed by atoms with E-state index in [4.69, 9.17) is 4.42 Å². The van der Waals surface area contributed by atoms with Gasteiger partial charge in [0.15, 0.2) is 17.2 Å². The van der Waals surface area contributed by atoms with Crippen LogP contribution in [0.2, 0.25) is 0 Å². The van der Waals surface area contributed by atoms with E-state index in [1.54, 1.807) is 18.2 Å². The van der Waals surface area contributed by atoms with Crippen LogP contribution in [0.1, 0.15) is 10.6 Å². The summed E-state index contributed by atoms with van der Waals surface area (Å²) in [6.45, 7) is 0. The zero-order valence-corrected chi connectivity index (χ0v) is 8.94. The van der Waals surface area contributed by atoms with Crippen molar-refractivity contribution in [1.82, 2.24) is 0 Å². The van der Waals surface area contributed by atoms with Crippen molar-refractivity contribution < 1.29 is 13.6 Å². The number of hydrogen-bond donors (Lipinski definition) is 0. The molecular weight excluding hydrogens is 215 g/mol. The first-order valence-electron chi connectivity index (χ1n) is 4.42. The number of rotatable bonds is 3. The molecule has 0 aliphatic rings. The third kappa shape index (κ3) is 1.90. The van der Waals surface area contributed by atoms with E-state index in [0.29, 0.717) is 11.1 Å². The number of furan rings is 1. The van der Waals surface area contributed by atoms with Gasteiger partial charge in [0.25, 0.3) is 0 Å². The summed E-state index contributed by atoms with van der Waals surface area (Å²) >= 11 is 1.42. The van der Waals surface area contributed by atoms with Gasteiger partial charge in [0.1, 0.15) is 0 Å². The van der Waals surface area contributed by atoms with Crippen LogP contribution in [0.5, 0.6) is 0 Å². The summed E-state index contributed by atoms with van der Waals surface area (Å²) < 4.78 is 18.4. The highest BCUT2D eigenvalue weighted by Gasteiger charge is 2.13. The second-order valence-corrected chi connectivity index (χ2v) is 3.99. The summed E-state index contributed by atoms with van der Waals surface area (Å²) in [6.07, 6.45) is 1.83. The van der Waals surface area contributed by atoms with E-state index in [1.807, 2.05) is 6.26 Å². The van der Waals surface area contributed by atoms with Crippen LogP contribution in [0.3, 0.4) is 0 Å². The number of ketones is 1. The summed E-state index contributed by atoms with van der Waals surface area (Å²) in [6, 6.07) is 6.21. The molecule has 0 saturated heterocycles. The van der Waals surface area contributed by atoms with Crippen LogP contribution < -0.4 is 0 Å². The molecular formula is C11H9FO2S. The van der Waals surface area contributed by atoms with Gasteiger partial charge >= 0.3 is 0 Å². The van der Waals surface area contributed by atoms with E-state index >= 15 is 0 Å². The van der Waals surface area contributed by atoms with Crippen molar-refractivity contribution in [1.29, 1.82) is 0 Å². The molecule has 0 radical (unpaired) electrons. The predicted molar refractivity (Wildman–Crippen MR) is 58.9 cm³/mol. The molecule has 78 valence electrons. The largest absolute Gasteiger partial charge is 0.450 e. The second-order valence-electron chi connectivity index (χ2n) is 3.13. The molecule has 0 aliphatic heterocycles. The van der Waals surface area contributed by atoms with Crippen LogP contribution in [-0.4, -0.2) is 17.8 Å². The monoisotopic (exact) mass is 224 g/mol. The molecule has 1 aromatic carbocycles. The lowest BCUT2D eigenvalue weighted by molar-refractivity contribution is 0.0994. The Morgan fingerprint density at radius 2 is 2.33 bits per heavy atom. The van der Waals surface area contributed by atoms with E-state index in [0.717, 1.165) is 0 Å². The van der Waals surface area contributed by atoms with Gasteiger partial charge in [0.05, 0.1) is 5.75 Å². The van der Waals surface area contributed by atoms with Gasteiger partial charge in [-0.05, 0) is 18.4 Å². The molecule has 1 heterocycles. The number of Topliss-reactive ketones (excluding diaryl/α,β-unsaturated/α-hetero) is 1.